The highest BCUT2D eigenvalue weighted by atomic mass is 16.6. The SMILES string of the molecule is CCCc1c(-c2ccccc2)noc1C(=O)OCC. The topological polar surface area (TPSA) is 52.3 Å². The van der Waals surface area contributed by atoms with Crippen molar-refractivity contribution in [1.29, 1.82) is 0 Å². The van der Waals surface area contributed by atoms with E-state index in [0.29, 0.717) is 6.61 Å². The zero-order chi connectivity index (χ0) is 13.7. The minimum atomic E-state index is -0.444. The van der Waals surface area contributed by atoms with Gasteiger partial charge in [-0.2, -0.15) is 0 Å². The molecule has 0 unspecified atom stereocenters. The van der Waals surface area contributed by atoms with Gasteiger partial charge >= 0.3 is 5.97 Å². The fraction of sp³-hybridized carbons (Fsp3) is 0.333. The third-order valence-electron chi connectivity index (χ3n) is 2.80. The van der Waals surface area contributed by atoms with Crippen molar-refractivity contribution < 1.29 is 14.1 Å². The summed E-state index contributed by atoms with van der Waals surface area (Å²) in [6.07, 6.45) is 1.65. The standard InChI is InChI=1S/C15H17NO3/c1-3-8-12-13(11-9-6-5-7-10-11)16-19-14(12)15(17)18-4-2/h5-7,9-10H,3-4,8H2,1-2H3. The maximum atomic E-state index is 11.8. The summed E-state index contributed by atoms with van der Waals surface area (Å²) < 4.78 is 10.2. The van der Waals surface area contributed by atoms with Gasteiger partial charge in [-0.25, -0.2) is 4.79 Å². The molecule has 0 saturated heterocycles. The van der Waals surface area contributed by atoms with E-state index in [9.17, 15) is 4.79 Å². The van der Waals surface area contributed by atoms with Gasteiger partial charge in [0.05, 0.1) is 6.61 Å². The summed E-state index contributed by atoms with van der Waals surface area (Å²) in [5.74, 6) is -0.219. The van der Waals surface area contributed by atoms with E-state index in [4.69, 9.17) is 9.26 Å². The molecule has 1 aromatic heterocycles. The molecule has 100 valence electrons. The highest BCUT2D eigenvalue weighted by molar-refractivity contribution is 5.90. The Bertz CT molecular complexity index is 546. The molecule has 1 heterocycles. The van der Waals surface area contributed by atoms with Crippen LogP contribution in [0.5, 0.6) is 0 Å². The van der Waals surface area contributed by atoms with Gasteiger partial charge in [0, 0.05) is 11.1 Å². The molecular weight excluding hydrogens is 242 g/mol. The molecule has 19 heavy (non-hydrogen) atoms. The number of carbonyl (C=O) groups is 1. The highest BCUT2D eigenvalue weighted by Crippen LogP contribution is 2.27. The Morgan fingerprint density at radius 2 is 2.00 bits per heavy atom. The number of esters is 1. The van der Waals surface area contributed by atoms with Crippen molar-refractivity contribution in [3.63, 3.8) is 0 Å². The van der Waals surface area contributed by atoms with Crippen LogP contribution in [0.4, 0.5) is 0 Å². The van der Waals surface area contributed by atoms with Gasteiger partial charge in [0.25, 0.3) is 0 Å². The third-order valence-corrected chi connectivity index (χ3v) is 2.80. The number of benzene rings is 1. The van der Waals surface area contributed by atoms with Crippen LogP contribution >= 0.6 is 0 Å². The summed E-state index contributed by atoms with van der Waals surface area (Å²) >= 11 is 0. The molecule has 0 fully saturated rings. The molecule has 0 aliphatic rings. The lowest BCUT2D eigenvalue weighted by Crippen LogP contribution is -2.06. The van der Waals surface area contributed by atoms with E-state index in [-0.39, 0.29) is 5.76 Å². The van der Waals surface area contributed by atoms with Crippen molar-refractivity contribution in [2.24, 2.45) is 0 Å². The van der Waals surface area contributed by atoms with Gasteiger partial charge < -0.3 is 9.26 Å². The monoisotopic (exact) mass is 259 g/mol. The number of ether oxygens (including phenoxy) is 1. The number of rotatable bonds is 5. The normalized spacial score (nSPS) is 10.4. The molecule has 0 saturated carbocycles. The van der Waals surface area contributed by atoms with E-state index >= 15 is 0 Å². The number of nitrogens with zero attached hydrogens (tertiary/aromatic N) is 1. The van der Waals surface area contributed by atoms with Crippen molar-refractivity contribution in [3.8, 4) is 11.3 Å². The lowest BCUT2D eigenvalue weighted by atomic mass is 10.0. The first-order valence-electron chi connectivity index (χ1n) is 6.49. The Kier molecular flexibility index (Phi) is 4.34. The van der Waals surface area contributed by atoms with Gasteiger partial charge in [0.15, 0.2) is 0 Å². The predicted octanol–water partition coefficient (Wildman–Crippen LogP) is 3.47. The zero-order valence-corrected chi connectivity index (χ0v) is 11.2. The number of carbonyl (C=O) groups excluding carboxylic acids is 1. The van der Waals surface area contributed by atoms with Crippen molar-refractivity contribution in [1.82, 2.24) is 5.16 Å². The van der Waals surface area contributed by atoms with Crippen LogP contribution in [0.25, 0.3) is 11.3 Å². The van der Waals surface area contributed by atoms with Crippen LogP contribution in [0.2, 0.25) is 0 Å². The molecule has 4 nitrogen and oxygen atoms in total. The van der Waals surface area contributed by atoms with Crippen molar-refractivity contribution in [2.45, 2.75) is 26.7 Å². The summed E-state index contributed by atoms with van der Waals surface area (Å²) in [6.45, 7) is 4.15. The average molecular weight is 259 g/mol. The summed E-state index contributed by atoms with van der Waals surface area (Å²) in [7, 11) is 0. The van der Waals surface area contributed by atoms with Crippen LogP contribution in [0.15, 0.2) is 34.9 Å². The third kappa shape index (κ3) is 2.84. The van der Waals surface area contributed by atoms with Gasteiger partial charge in [-0.05, 0) is 13.3 Å². The van der Waals surface area contributed by atoms with E-state index in [0.717, 1.165) is 29.7 Å². The van der Waals surface area contributed by atoms with Gasteiger partial charge in [0.1, 0.15) is 5.69 Å². The van der Waals surface area contributed by atoms with Crippen molar-refractivity contribution in [3.05, 3.63) is 41.7 Å². The number of hydrogen-bond acceptors (Lipinski definition) is 4. The predicted molar refractivity (Wildman–Crippen MR) is 71.9 cm³/mol. The maximum absolute atomic E-state index is 11.8. The Labute approximate surface area is 112 Å². The van der Waals surface area contributed by atoms with Gasteiger partial charge in [0.2, 0.25) is 5.76 Å². The molecule has 1 aromatic carbocycles. The summed E-state index contributed by atoms with van der Waals surface area (Å²) in [5.41, 5.74) is 2.50. The molecule has 0 spiro atoms. The fourth-order valence-electron chi connectivity index (χ4n) is 1.97. The first-order valence-corrected chi connectivity index (χ1v) is 6.49. The van der Waals surface area contributed by atoms with Crippen LogP contribution < -0.4 is 0 Å². The molecule has 4 heteroatoms. The highest BCUT2D eigenvalue weighted by Gasteiger charge is 2.23. The van der Waals surface area contributed by atoms with E-state index < -0.39 is 5.97 Å². The first-order chi connectivity index (χ1) is 9.27. The minimum absolute atomic E-state index is 0.225. The lowest BCUT2D eigenvalue weighted by molar-refractivity contribution is 0.0478. The molecule has 0 aliphatic heterocycles. The van der Waals surface area contributed by atoms with E-state index in [2.05, 4.69) is 12.1 Å². The number of aromatic nitrogens is 1. The molecule has 0 atom stereocenters. The van der Waals surface area contributed by atoms with Crippen LogP contribution in [-0.4, -0.2) is 17.7 Å². The van der Waals surface area contributed by atoms with E-state index in [1.54, 1.807) is 6.92 Å². The summed E-state index contributed by atoms with van der Waals surface area (Å²) in [5, 5.41) is 4.03. The zero-order valence-electron chi connectivity index (χ0n) is 11.2. The maximum Gasteiger partial charge on any atom is 0.377 e. The fourth-order valence-corrected chi connectivity index (χ4v) is 1.97. The quantitative estimate of drug-likeness (QED) is 0.771. The van der Waals surface area contributed by atoms with E-state index in [1.807, 2.05) is 30.3 Å². The Balaban J connectivity index is 2.43. The molecular formula is C15H17NO3. The second-order valence-electron chi connectivity index (χ2n) is 4.18. The van der Waals surface area contributed by atoms with Gasteiger partial charge in [-0.1, -0.05) is 48.8 Å². The molecule has 0 bridgehead atoms. The Hall–Kier alpha value is -2.10. The first kappa shape index (κ1) is 13.3. The molecule has 2 rings (SSSR count). The average Bonchev–Trinajstić information content (AvgIpc) is 2.84. The van der Waals surface area contributed by atoms with Crippen LogP contribution in [0.1, 0.15) is 36.4 Å². The molecule has 0 amide bonds. The number of hydrogen-bond donors (Lipinski definition) is 0. The van der Waals surface area contributed by atoms with Gasteiger partial charge in [-0.3, -0.25) is 0 Å². The molecule has 0 aliphatic carbocycles. The molecule has 0 radical (unpaired) electrons. The smallest absolute Gasteiger partial charge is 0.377 e. The van der Waals surface area contributed by atoms with Crippen LogP contribution in [0.3, 0.4) is 0 Å². The van der Waals surface area contributed by atoms with E-state index in [1.165, 1.54) is 0 Å². The summed E-state index contributed by atoms with van der Waals surface area (Å²) in [4.78, 5) is 11.8. The largest absolute Gasteiger partial charge is 0.460 e. The minimum Gasteiger partial charge on any atom is -0.460 e. The second kappa shape index (κ2) is 6.18. The Morgan fingerprint density at radius 3 is 2.63 bits per heavy atom. The Morgan fingerprint density at radius 1 is 1.26 bits per heavy atom. The summed E-state index contributed by atoms with van der Waals surface area (Å²) in [6, 6.07) is 9.71. The second-order valence-corrected chi connectivity index (χ2v) is 4.18. The molecule has 2 aromatic rings. The van der Waals surface area contributed by atoms with Crippen molar-refractivity contribution >= 4 is 5.97 Å². The van der Waals surface area contributed by atoms with Gasteiger partial charge in [-0.15, -0.1) is 0 Å². The molecule has 0 N–H and O–H groups in total. The van der Waals surface area contributed by atoms with Crippen LogP contribution in [0, 0.1) is 0 Å². The van der Waals surface area contributed by atoms with Crippen LogP contribution in [-0.2, 0) is 11.2 Å². The lowest BCUT2D eigenvalue weighted by Gasteiger charge is -2.02. The van der Waals surface area contributed by atoms with Crippen molar-refractivity contribution in [2.75, 3.05) is 6.61 Å².